The van der Waals surface area contributed by atoms with Gasteiger partial charge in [-0.1, -0.05) is 0 Å². The van der Waals surface area contributed by atoms with Gasteiger partial charge in [-0.05, 0) is 37.6 Å². The Labute approximate surface area is 141 Å². The standard InChI is InChI=1S/C17H22N4O3/c1-12(17-20-19-15-4-3-10-21(15)17)18-16(22)9-11-24-14-7-5-13(23-2)6-8-14/h5-8,12H,3-4,9-11H2,1-2H3,(H,18,22)/t12-/m1/s1. The number of carbonyl (C=O) groups is 1. The van der Waals surface area contributed by atoms with Gasteiger partial charge in [-0.3, -0.25) is 4.79 Å². The molecule has 0 bridgehead atoms. The number of benzene rings is 1. The molecule has 0 saturated carbocycles. The van der Waals surface area contributed by atoms with E-state index in [0.29, 0.717) is 12.4 Å². The van der Waals surface area contributed by atoms with Gasteiger partial charge in [0.1, 0.15) is 17.3 Å². The van der Waals surface area contributed by atoms with E-state index in [9.17, 15) is 4.79 Å². The summed E-state index contributed by atoms with van der Waals surface area (Å²) in [5.41, 5.74) is 0. The lowest BCUT2D eigenvalue weighted by atomic mass is 10.3. The number of nitrogens with zero attached hydrogens (tertiary/aromatic N) is 3. The van der Waals surface area contributed by atoms with E-state index in [0.717, 1.165) is 36.8 Å². The van der Waals surface area contributed by atoms with E-state index >= 15 is 0 Å². The van der Waals surface area contributed by atoms with Gasteiger partial charge in [0.05, 0.1) is 26.2 Å². The Morgan fingerprint density at radius 2 is 2.04 bits per heavy atom. The summed E-state index contributed by atoms with van der Waals surface area (Å²) in [5.74, 6) is 3.26. The highest BCUT2D eigenvalue weighted by Crippen LogP contribution is 2.19. The summed E-state index contributed by atoms with van der Waals surface area (Å²) in [6.45, 7) is 3.18. The summed E-state index contributed by atoms with van der Waals surface area (Å²) in [5, 5.41) is 11.3. The number of methoxy groups -OCH3 is 1. The number of carbonyl (C=O) groups excluding carboxylic acids is 1. The number of ether oxygens (including phenoxy) is 2. The molecule has 3 rings (SSSR count). The van der Waals surface area contributed by atoms with E-state index in [1.54, 1.807) is 7.11 Å². The highest BCUT2D eigenvalue weighted by molar-refractivity contribution is 5.76. The smallest absolute Gasteiger partial charge is 0.224 e. The van der Waals surface area contributed by atoms with Gasteiger partial charge < -0.3 is 19.4 Å². The van der Waals surface area contributed by atoms with Crippen molar-refractivity contribution in [1.29, 1.82) is 0 Å². The molecule has 1 aliphatic rings. The Bertz CT molecular complexity index is 696. The Kier molecular flexibility index (Phi) is 4.98. The SMILES string of the molecule is COc1ccc(OCCC(=O)N[C@H](C)c2nnc3n2CCC3)cc1. The number of fused-ring (bicyclic) bond motifs is 1. The van der Waals surface area contributed by atoms with Gasteiger partial charge >= 0.3 is 0 Å². The molecule has 0 spiro atoms. The molecule has 1 amide bonds. The first-order valence-electron chi connectivity index (χ1n) is 8.15. The van der Waals surface area contributed by atoms with E-state index < -0.39 is 0 Å². The summed E-state index contributed by atoms with van der Waals surface area (Å²) in [6.07, 6.45) is 2.34. The molecule has 1 atom stereocenters. The summed E-state index contributed by atoms with van der Waals surface area (Å²) in [6, 6.07) is 7.13. The largest absolute Gasteiger partial charge is 0.497 e. The molecule has 1 N–H and O–H groups in total. The third-order valence-electron chi connectivity index (χ3n) is 4.06. The molecule has 7 nitrogen and oxygen atoms in total. The number of hydrogen-bond acceptors (Lipinski definition) is 5. The third kappa shape index (κ3) is 3.67. The van der Waals surface area contributed by atoms with Crippen LogP contribution in [0.25, 0.3) is 0 Å². The van der Waals surface area contributed by atoms with E-state index in [1.165, 1.54) is 0 Å². The van der Waals surface area contributed by atoms with Crippen LogP contribution in [0.3, 0.4) is 0 Å². The zero-order valence-corrected chi connectivity index (χ0v) is 14.0. The van der Waals surface area contributed by atoms with Crippen LogP contribution in [-0.4, -0.2) is 34.4 Å². The number of amides is 1. The first-order valence-corrected chi connectivity index (χ1v) is 8.15. The first kappa shape index (κ1) is 16.3. The summed E-state index contributed by atoms with van der Waals surface area (Å²) >= 11 is 0. The topological polar surface area (TPSA) is 78.3 Å². The molecule has 0 unspecified atom stereocenters. The predicted molar refractivity (Wildman–Crippen MR) is 88.0 cm³/mol. The normalized spacial score (nSPS) is 14.1. The molecule has 0 fully saturated rings. The van der Waals surface area contributed by atoms with E-state index in [2.05, 4.69) is 20.1 Å². The minimum atomic E-state index is -0.155. The van der Waals surface area contributed by atoms with Crippen LogP contribution < -0.4 is 14.8 Å². The Hall–Kier alpha value is -2.57. The number of aromatic nitrogens is 3. The van der Waals surface area contributed by atoms with Gasteiger partial charge in [0.2, 0.25) is 5.91 Å². The number of aryl methyl sites for hydroxylation is 1. The average Bonchev–Trinajstić information content (AvgIpc) is 3.18. The van der Waals surface area contributed by atoms with Crippen LogP contribution in [-0.2, 0) is 17.8 Å². The van der Waals surface area contributed by atoms with Crippen molar-refractivity contribution in [2.24, 2.45) is 0 Å². The van der Waals surface area contributed by atoms with Gasteiger partial charge in [-0.25, -0.2) is 0 Å². The average molecular weight is 330 g/mol. The minimum Gasteiger partial charge on any atom is -0.497 e. The molecule has 1 aromatic heterocycles. The van der Waals surface area contributed by atoms with Crippen molar-refractivity contribution >= 4 is 5.91 Å². The Morgan fingerprint density at radius 3 is 2.79 bits per heavy atom. The zero-order chi connectivity index (χ0) is 16.9. The molecular weight excluding hydrogens is 308 g/mol. The maximum absolute atomic E-state index is 12.1. The van der Waals surface area contributed by atoms with Crippen molar-refractivity contribution in [2.75, 3.05) is 13.7 Å². The lowest BCUT2D eigenvalue weighted by Crippen LogP contribution is -2.29. The highest BCUT2D eigenvalue weighted by Gasteiger charge is 2.22. The van der Waals surface area contributed by atoms with E-state index in [1.807, 2.05) is 31.2 Å². The highest BCUT2D eigenvalue weighted by atomic mass is 16.5. The van der Waals surface area contributed by atoms with Crippen molar-refractivity contribution in [3.63, 3.8) is 0 Å². The van der Waals surface area contributed by atoms with Crippen LogP contribution in [0.1, 0.15) is 37.5 Å². The van der Waals surface area contributed by atoms with Gasteiger partial charge in [-0.15, -0.1) is 10.2 Å². The minimum absolute atomic E-state index is 0.0636. The predicted octanol–water partition coefficient (Wildman–Crippen LogP) is 1.88. The molecule has 2 heterocycles. The van der Waals surface area contributed by atoms with Crippen LogP contribution in [0.2, 0.25) is 0 Å². The quantitative estimate of drug-likeness (QED) is 0.838. The maximum Gasteiger partial charge on any atom is 0.224 e. The molecule has 2 aromatic rings. The van der Waals surface area contributed by atoms with Gasteiger partial charge in [0, 0.05) is 13.0 Å². The van der Waals surface area contributed by atoms with Crippen LogP contribution >= 0.6 is 0 Å². The lowest BCUT2D eigenvalue weighted by molar-refractivity contribution is -0.122. The molecule has 1 aliphatic heterocycles. The number of nitrogens with one attached hydrogen (secondary N) is 1. The maximum atomic E-state index is 12.1. The molecule has 1 aromatic carbocycles. The second-order valence-electron chi connectivity index (χ2n) is 5.79. The molecule has 24 heavy (non-hydrogen) atoms. The van der Waals surface area contributed by atoms with E-state index in [4.69, 9.17) is 9.47 Å². The van der Waals surface area contributed by atoms with Gasteiger partial charge in [0.15, 0.2) is 5.82 Å². The molecule has 7 heteroatoms. The fraction of sp³-hybridized carbons (Fsp3) is 0.471. The lowest BCUT2D eigenvalue weighted by Gasteiger charge is -2.14. The van der Waals surface area contributed by atoms with Gasteiger partial charge in [-0.2, -0.15) is 0 Å². The molecule has 128 valence electrons. The Morgan fingerprint density at radius 1 is 1.29 bits per heavy atom. The second kappa shape index (κ2) is 7.33. The monoisotopic (exact) mass is 330 g/mol. The van der Waals surface area contributed by atoms with Crippen LogP contribution in [0, 0.1) is 0 Å². The number of rotatable bonds is 7. The van der Waals surface area contributed by atoms with Crippen molar-refractivity contribution in [3.8, 4) is 11.5 Å². The summed E-state index contributed by atoms with van der Waals surface area (Å²) in [4.78, 5) is 12.1. The van der Waals surface area contributed by atoms with Crippen molar-refractivity contribution in [1.82, 2.24) is 20.1 Å². The van der Waals surface area contributed by atoms with Crippen LogP contribution in [0.5, 0.6) is 11.5 Å². The molecule has 0 saturated heterocycles. The van der Waals surface area contributed by atoms with E-state index in [-0.39, 0.29) is 18.4 Å². The van der Waals surface area contributed by atoms with Crippen LogP contribution in [0.15, 0.2) is 24.3 Å². The van der Waals surface area contributed by atoms with Gasteiger partial charge in [0.25, 0.3) is 0 Å². The summed E-state index contributed by atoms with van der Waals surface area (Å²) < 4.78 is 12.8. The van der Waals surface area contributed by atoms with Crippen molar-refractivity contribution < 1.29 is 14.3 Å². The van der Waals surface area contributed by atoms with Crippen molar-refractivity contribution in [3.05, 3.63) is 35.9 Å². The van der Waals surface area contributed by atoms with Crippen LogP contribution in [0.4, 0.5) is 0 Å². The first-order chi connectivity index (χ1) is 11.7. The molecular formula is C17H22N4O3. The molecule has 0 aliphatic carbocycles. The van der Waals surface area contributed by atoms with Crippen molar-refractivity contribution in [2.45, 2.75) is 38.8 Å². The fourth-order valence-electron chi connectivity index (χ4n) is 2.81. The Balaban J connectivity index is 1.45. The zero-order valence-electron chi connectivity index (χ0n) is 14.0. The number of hydrogen-bond donors (Lipinski definition) is 1. The fourth-order valence-corrected chi connectivity index (χ4v) is 2.81. The summed E-state index contributed by atoms with van der Waals surface area (Å²) in [7, 11) is 1.62. The second-order valence-corrected chi connectivity index (χ2v) is 5.79. The third-order valence-corrected chi connectivity index (χ3v) is 4.06. The molecule has 0 radical (unpaired) electrons.